The quantitative estimate of drug-likeness (QED) is 0.694. The van der Waals surface area contributed by atoms with E-state index >= 15 is 0 Å². The highest BCUT2D eigenvalue weighted by Crippen LogP contribution is 2.06. The Morgan fingerprint density at radius 2 is 2.00 bits per heavy atom. The molecule has 0 saturated heterocycles. The lowest BCUT2D eigenvalue weighted by Gasteiger charge is -2.27. The Hall–Kier alpha value is -0.630. The molecule has 0 aliphatic heterocycles. The molecule has 0 aromatic rings. The normalized spacial score (nSPS) is 17.1. The summed E-state index contributed by atoms with van der Waals surface area (Å²) in [6, 6.07) is 2.49. The van der Waals surface area contributed by atoms with Crippen LogP contribution in [0.4, 0.5) is 0 Å². The van der Waals surface area contributed by atoms with Crippen molar-refractivity contribution >= 4 is 0 Å². The maximum absolute atomic E-state index is 9.05. The van der Waals surface area contributed by atoms with E-state index in [2.05, 4.69) is 11.4 Å². The van der Waals surface area contributed by atoms with Gasteiger partial charge in [-0.25, -0.2) is 0 Å². The minimum Gasteiger partial charge on any atom is -0.382 e. The van der Waals surface area contributed by atoms with Crippen molar-refractivity contribution < 1.29 is 9.47 Å². The van der Waals surface area contributed by atoms with Gasteiger partial charge in [-0.05, 0) is 27.7 Å². The van der Waals surface area contributed by atoms with Crippen molar-refractivity contribution in [2.45, 2.75) is 45.4 Å². The summed E-state index contributed by atoms with van der Waals surface area (Å²) < 4.78 is 10.5. The molecule has 0 aromatic carbocycles. The minimum absolute atomic E-state index is 0.0108. The molecule has 15 heavy (non-hydrogen) atoms. The van der Waals surface area contributed by atoms with Gasteiger partial charge in [0.05, 0.1) is 25.4 Å². The highest BCUT2D eigenvalue weighted by Gasteiger charge is 2.25. The summed E-state index contributed by atoms with van der Waals surface area (Å²) in [5.41, 5.74) is -0.629. The summed E-state index contributed by atoms with van der Waals surface area (Å²) in [6.45, 7) is 8.70. The van der Waals surface area contributed by atoms with Gasteiger partial charge in [-0.15, -0.1) is 0 Å². The fourth-order valence-electron chi connectivity index (χ4n) is 1.34. The van der Waals surface area contributed by atoms with E-state index in [1.165, 1.54) is 0 Å². The topological polar surface area (TPSA) is 54.3 Å². The van der Waals surface area contributed by atoms with Gasteiger partial charge in [0, 0.05) is 13.2 Å². The van der Waals surface area contributed by atoms with E-state index in [1.54, 1.807) is 7.11 Å². The molecule has 0 aromatic heterocycles. The summed E-state index contributed by atoms with van der Waals surface area (Å²) >= 11 is 0. The van der Waals surface area contributed by atoms with E-state index in [-0.39, 0.29) is 12.1 Å². The Balaban J connectivity index is 4.04. The van der Waals surface area contributed by atoms with Crippen LogP contribution >= 0.6 is 0 Å². The van der Waals surface area contributed by atoms with Crippen molar-refractivity contribution in [2.24, 2.45) is 0 Å². The molecule has 4 nitrogen and oxygen atoms in total. The van der Waals surface area contributed by atoms with Gasteiger partial charge in [0.2, 0.25) is 0 Å². The maximum atomic E-state index is 9.05. The second-order valence-electron chi connectivity index (χ2n) is 4.32. The molecule has 1 N–H and O–H groups in total. The average Bonchev–Trinajstić information content (AvgIpc) is 2.14. The van der Waals surface area contributed by atoms with Crippen molar-refractivity contribution in [1.29, 1.82) is 5.26 Å². The highest BCUT2D eigenvalue weighted by atomic mass is 16.5. The second kappa shape index (κ2) is 6.78. The third-order valence-corrected chi connectivity index (χ3v) is 1.91. The molecule has 0 radical (unpaired) electrons. The molecule has 2 unspecified atom stereocenters. The summed E-state index contributed by atoms with van der Waals surface area (Å²) in [6.07, 6.45) is 0.0108. The van der Waals surface area contributed by atoms with E-state index in [9.17, 15) is 0 Å². The Labute approximate surface area is 92.6 Å². The lowest BCUT2D eigenvalue weighted by molar-refractivity contribution is -0.00871. The first-order valence-electron chi connectivity index (χ1n) is 5.23. The molecule has 0 amide bonds. The summed E-state index contributed by atoms with van der Waals surface area (Å²) in [4.78, 5) is 0. The molecular formula is C11H22N2O2. The number of hydrogen-bond donors (Lipinski definition) is 1. The van der Waals surface area contributed by atoms with Crippen LogP contribution in [0.25, 0.3) is 0 Å². The first-order valence-corrected chi connectivity index (χ1v) is 5.23. The predicted octanol–water partition coefficient (Wildman–Crippen LogP) is 1.32. The highest BCUT2D eigenvalue weighted by molar-refractivity contribution is 5.04. The molecule has 0 spiro atoms. The molecule has 0 bridgehead atoms. The summed E-state index contributed by atoms with van der Waals surface area (Å²) in [7, 11) is 1.63. The van der Waals surface area contributed by atoms with Gasteiger partial charge < -0.3 is 9.47 Å². The standard InChI is InChI=1S/C11H22N2O2/c1-9(2)13-11(4,7-12)8-15-10(3)6-14-5/h9-10,13H,6,8H2,1-5H3. The Morgan fingerprint density at radius 1 is 1.40 bits per heavy atom. The van der Waals surface area contributed by atoms with Crippen LogP contribution in [0, 0.1) is 11.3 Å². The maximum Gasteiger partial charge on any atom is 0.127 e. The van der Waals surface area contributed by atoms with Gasteiger partial charge in [-0.3, -0.25) is 5.32 Å². The molecule has 0 aliphatic carbocycles. The SMILES string of the molecule is COCC(C)OCC(C)(C#N)NC(C)C. The van der Waals surface area contributed by atoms with Crippen LogP contribution in [0.15, 0.2) is 0 Å². The first-order chi connectivity index (χ1) is 6.93. The van der Waals surface area contributed by atoms with Gasteiger partial charge in [0.15, 0.2) is 0 Å². The second-order valence-corrected chi connectivity index (χ2v) is 4.32. The van der Waals surface area contributed by atoms with Crippen LogP contribution in [0.2, 0.25) is 0 Å². The van der Waals surface area contributed by atoms with Crippen molar-refractivity contribution in [3.63, 3.8) is 0 Å². The molecule has 4 heteroatoms. The van der Waals surface area contributed by atoms with Crippen LogP contribution in [-0.2, 0) is 9.47 Å². The number of rotatable bonds is 7. The number of methoxy groups -OCH3 is 1. The van der Waals surface area contributed by atoms with Crippen LogP contribution in [-0.4, -0.2) is 38.0 Å². The summed E-state index contributed by atoms with van der Waals surface area (Å²) in [5.74, 6) is 0. The zero-order chi connectivity index (χ0) is 11.9. The van der Waals surface area contributed by atoms with Gasteiger partial charge in [0.25, 0.3) is 0 Å². The van der Waals surface area contributed by atoms with Crippen LogP contribution in [0.1, 0.15) is 27.7 Å². The van der Waals surface area contributed by atoms with Crippen LogP contribution < -0.4 is 5.32 Å². The summed E-state index contributed by atoms with van der Waals surface area (Å²) in [5, 5.41) is 12.2. The number of ether oxygens (including phenoxy) is 2. The van der Waals surface area contributed by atoms with E-state index in [0.29, 0.717) is 13.2 Å². The third kappa shape index (κ3) is 6.45. The molecule has 0 aliphatic rings. The van der Waals surface area contributed by atoms with Gasteiger partial charge in [-0.2, -0.15) is 5.26 Å². The molecule has 0 rings (SSSR count). The van der Waals surface area contributed by atoms with Crippen molar-refractivity contribution in [2.75, 3.05) is 20.3 Å². The van der Waals surface area contributed by atoms with E-state index < -0.39 is 5.54 Å². The van der Waals surface area contributed by atoms with E-state index in [4.69, 9.17) is 14.7 Å². The predicted molar refractivity (Wildman–Crippen MR) is 59.6 cm³/mol. The van der Waals surface area contributed by atoms with Crippen molar-refractivity contribution in [3.05, 3.63) is 0 Å². The molecule has 88 valence electrons. The van der Waals surface area contributed by atoms with Gasteiger partial charge >= 0.3 is 0 Å². The van der Waals surface area contributed by atoms with Gasteiger partial charge in [0.1, 0.15) is 5.54 Å². The fraction of sp³-hybridized carbons (Fsp3) is 0.909. The number of nitriles is 1. The van der Waals surface area contributed by atoms with Crippen LogP contribution in [0.5, 0.6) is 0 Å². The molecular weight excluding hydrogens is 192 g/mol. The lowest BCUT2D eigenvalue weighted by Crippen LogP contribution is -2.49. The molecule has 2 atom stereocenters. The first kappa shape index (κ1) is 14.4. The lowest BCUT2D eigenvalue weighted by atomic mass is 10.1. The van der Waals surface area contributed by atoms with E-state index in [1.807, 2.05) is 27.7 Å². The molecule has 0 saturated carbocycles. The third-order valence-electron chi connectivity index (χ3n) is 1.91. The zero-order valence-electron chi connectivity index (χ0n) is 10.3. The number of nitrogens with zero attached hydrogens (tertiary/aromatic N) is 1. The fourth-order valence-corrected chi connectivity index (χ4v) is 1.34. The zero-order valence-corrected chi connectivity index (χ0v) is 10.3. The molecule has 0 heterocycles. The Kier molecular flexibility index (Phi) is 6.50. The Morgan fingerprint density at radius 3 is 2.40 bits per heavy atom. The van der Waals surface area contributed by atoms with Crippen molar-refractivity contribution in [3.8, 4) is 6.07 Å². The average molecular weight is 214 g/mol. The minimum atomic E-state index is -0.629. The number of nitrogens with one attached hydrogen (secondary N) is 1. The largest absolute Gasteiger partial charge is 0.382 e. The smallest absolute Gasteiger partial charge is 0.127 e. The number of hydrogen-bond acceptors (Lipinski definition) is 4. The van der Waals surface area contributed by atoms with Gasteiger partial charge in [-0.1, -0.05) is 0 Å². The van der Waals surface area contributed by atoms with Crippen LogP contribution in [0.3, 0.4) is 0 Å². The Bertz CT molecular complexity index is 213. The monoisotopic (exact) mass is 214 g/mol. The molecule has 0 fully saturated rings. The van der Waals surface area contributed by atoms with Crippen molar-refractivity contribution in [1.82, 2.24) is 5.32 Å². The van der Waals surface area contributed by atoms with E-state index in [0.717, 1.165) is 0 Å².